The number of hydrogen-bond acceptors (Lipinski definition) is 15. The van der Waals surface area contributed by atoms with Gasteiger partial charge in [0.05, 0.1) is 25.9 Å². The van der Waals surface area contributed by atoms with E-state index in [-0.39, 0.29) is 16.7 Å². The fraction of sp³-hybridized carbons (Fsp3) is 0.476. The fourth-order valence-electron chi connectivity index (χ4n) is 4.57. The van der Waals surface area contributed by atoms with Gasteiger partial charge in [-0.3, -0.25) is 23.2 Å². The highest BCUT2D eigenvalue weighted by atomic mass is 31.3. The molecule has 0 saturated carbocycles. The van der Waals surface area contributed by atoms with Crippen LogP contribution in [0.15, 0.2) is 42.0 Å². The van der Waals surface area contributed by atoms with Gasteiger partial charge in [0.15, 0.2) is 35.9 Å². The highest BCUT2D eigenvalue weighted by Crippen LogP contribution is 2.60. The minimum Gasteiger partial charge on any atom is -0.387 e. The maximum absolute atomic E-state index is 12.4. The lowest BCUT2D eigenvalue weighted by molar-refractivity contribution is -0.765. The van der Waals surface area contributed by atoms with Gasteiger partial charge < -0.3 is 50.4 Å². The van der Waals surface area contributed by atoms with Crippen LogP contribution >= 0.6 is 15.6 Å². The van der Waals surface area contributed by atoms with Gasteiger partial charge >= 0.3 is 15.6 Å². The normalized spacial score (nSPS) is 31.6. The standard InChI is InChI=1S/C21H26N6O15P2/c22-17(32)9-2-1-3-26(4-9)20-15(30)13(28)10(40-20)5-38-43(34,35)42-44(36,37)39-6-11-14(29)16(31)21(41-11)27-8-25-12-18(27)23-7-24-19(12)33/h1-4,7-8,10-11,13-16,20-21,28-31H,5-6H2,(H4-,22,23,24,32,33,34,35,36,37)/p+1/t10-,11+,13-,14+,15-,16+,20-,21+/m0/s1. The highest BCUT2D eigenvalue weighted by Gasteiger charge is 2.50. The minimum atomic E-state index is -5.39. The van der Waals surface area contributed by atoms with Crippen molar-refractivity contribution in [2.75, 3.05) is 13.2 Å². The second kappa shape index (κ2) is 12.4. The largest absolute Gasteiger partial charge is 0.481 e. The van der Waals surface area contributed by atoms with E-state index >= 15 is 0 Å². The number of aliphatic hydroxyl groups excluding tert-OH is 4. The van der Waals surface area contributed by atoms with Crippen LogP contribution in [0.1, 0.15) is 22.8 Å². The van der Waals surface area contributed by atoms with Crippen molar-refractivity contribution in [3.05, 3.63) is 53.1 Å². The summed E-state index contributed by atoms with van der Waals surface area (Å²) in [5.74, 6) is -0.770. The number of carbonyl (C=O) groups is 1. The summed E-state index contributed by atoms with van der Waals surface area (Å²) in [4.78, 5) is 53.5. The summed E-state index contributed by atoms with van der Waals surface area (Å²) >= 11 is 0. The molecule has 21 nitrogen and oxygen atoms in total. The maximum atomic E-state index is 12.4. The quantitative estimate of drug-likeness (QED) is 0.0734. The van der Waals surface area contributed by atoms with Crippen molar-refractivity contribution in [3.63, 3.8) is 0 Å². The summed E-state index contributed by atoms with van der Waals surface area (Å²) < 4.78 is 51.8. The van der Waals surface area contributed by atoms with Crippen molar-refractivity contribution in [2.45, 2.75) is 49.1 Å². The molecule has 240 valence electrons. The molecular weight excluding hydrogens is 638 g/mol. The van der Waals surface area contributed by atoms with E-state index in [1.807, 2.05) is 0 Å². The first-order chi connectivity index (χ1) is 20.7. The van der Waals surface area contributed by atoms with Gasteiger partial charge in [-0.2, -0.15) is 8.88 Å². The monoisotopic (exact) mass is 665 g/mol. The Labute approximate surface area is 245 Å². The van der Waals surface area contributed by atoms with Crippen LogP contribution in [0.5, 0.6) is 0 Å². The lowest BCUT2D eigenvalue weighted by Gasteiger charge is -2.20. The topological polar surface area (TPSA) is 312 Å². The first kappa shape index (κ1) is 32.4. The van der Waals surface area contributed by atoms with Gasteiger partial charge in [-0.05, 0) is 6.07 Å². The van der Waals surface area contributed by atoms with E-state index in [2.05, 4.69) is 28.3 Å². The number of primary amides is 1. The van der Waals surface area contributed by atoms with Crippen LogP contribution in [0.25, 0.3) is 11.2 Å². The number of ether oxygens (including phenoxy) is 2. The zero-order chi connectivity index (χ0) is 32.0. The van der Waals surface area contributed by atoms with Crippen LogP contribution in [-0.4, -0.2) is 105 Å². The third kappa shape index (κ3) is 6.65. The number of carbonyl (C=O) groups excluding carboxylic acids is 1. The SMILES string of the molecule is NC(=O)c1ccc[n+]([C@H]2O[C@@H](COP(=O)(O)OP(=O)(O)OC[C@H]3O[C@@H](n4cnc5c(=O)[nH]cnc54)[C@H](O)[C@@H]3O)[C@H](O)[C@@H]2O)c1. The number of rotatable bonds is 11. The van der Waals surface area contributed by atoms with Crippen molar-refractivity contribution in [2.24, 2.45) is 5.73 Å². The van der Waals surface area contributed by atoms with E-state index in [9.17, 15) is 48.9 Å². The Morgan fingerprint density at radius 1 is 1.02 bits per heavy atom. The van der Waals surface area contributed by atoms with Gasteiger partial charge in [0.25, 0.3) is 17.7 Å². The van der Waals surface area contributed by atoms with Gasteiger partial charge in [0, 0.05) is 6.07 Å². The molecule has 1 amide bonds. The number of amides is 1. The van der Waals surface area contributed by atoms with Gasteiger partial charge in [0.1, 0.15) is 36.1 Å². The Balaban J connectivity index is 1.16. The summed E-state index contributed by atoms with van der Waals surface area (Å²) in [5.41, 5.74) is 4.65. The van der Waals surface area contributed by atoms with Crippen LogP contribution in [0.4, 0.5) is 0 Å². The molecule has 3 aromatic heterocycles. The molecule has 0 bridgehead atoms. The van der Waals surface area contributed by atoms with Crippen LogP contribution in [-0.2, 0) is 32.0 Å². The summed E-state index contributed by atoms with van der Waals surface area (Å²) in [5, 5.41) is 41.5. The summed E-state index contributed by atoms with van der Waals surface area (Å²) in [7, 11) is -10.8. The van der Waals surface area contributed by atoms with Gasteiger partial charge in [-0.1, -0.05) is 0 Å². The Morgan fingerprint density at radius 3 is 2.32 bits per heavy atom. The third-order valence-electron chi connectivity index (χ3n) is 6.72. The predicted octanol–water partition coefficient (Wildman–Crippen LogP) is -3.30. The van der Waals surface area contributed by atoms with Gasteiger partial charge in [0.2, 0.25) is 0 Å². The molecule has 2 aliphatic heterocycles. The molecule has 10 atom stereocenters. The van der Waals surface area contributed by atoms with Crippen LogP contribution in [0.2, 0.25) is 0 Å². The molecule has 2 fully saturated rings. The first-order valence-corrected chi connectivity index (χ1v) is 15.6. The molecule has 44 heavy (non-hydrogen) atoms. The second-order valence-electron chi connectivity index (χ2n) is 9.66. The molecule has 5 heterocycles. The van der Waals surface area contributed by atoms with Crippen molar-refractivity contribution in [1.82, 2.24) is 19.5 Å². The average molecular weight is 665 g/mol. The molecule has 5 rings (SSSR count). The molecule has 2 saturated heterocycles. The van der Waals surface area contributed by atoms with Crippen molar-refractivity contribution in [1.29, 1.82) is 0 Å². The molecule has 23 heteroatoms. The van der Waals surface area contributed by atoms with E-state index in [0.29, 0.717) is 0 Å². The van der Waals surface area contributed by atoms with Crippen LogP contribution in [0.3, 0.4) is 0 Å². The van der Waals surface area contributed by atoms with Crippen molar-refractivity contribution in [3.8, 4) is 0 Å². The number of hydrogen-bond donors (Lipinski definition) is 8. The van der Waals surface area contributed by atoms with E-state index in [1.54, 1.807) is 0 Å². The number of nitrogens with zero attached hydrogens (tertiary/aromatic N) is 4. The minimum absolute atomic E-state index is 0.00840. The number of pyridine rings is 1. The molecule has 3 aromatic rings. The number of phosphoric acid groups is 2. The van der Waals surface area contributed by atoms with E-state index < -0.39 is 89.4 Å². The molecule has 0 aliphatic carbocycles. The Morgan fingerprint density at radius 2 is 1.66 bits per heavy atom. The zero-order valence-electron chi connectivity index (χ0n) is 22.1. The number of nitrogens with one attached hydrogen (secondary N) is 1. The molecular formula is C21H27N6O15P2+. The summed E-state index contributed by atoms with van der Waals surface area (Å²) in [6.45, 7) is -1.84. The molecule has 0 radical (unpaired) electrons. The summed E-state index contributed by atoms with van der Waals surface area (Å²) in [6.07, 6.45) is -7.25. The molecule has 2 aliphatic rings. The lowest BCUT2D eigenvalue weighted by Crippen LogP contribution is -2.46. The maximum Gasteiger partial charge on any atom is 0.481 e. The zero-order valence-corrected chi connectivity index (χ0v) is 23.9. The number of phosphoric ester groups is 2. The Kier molecular flexibility index (Phi) is 9.13. The van der Waals surface area contributed by atoms with E-state index in [1.165, 1.54) is 29.1 Å². The number of aromatic amines is 1. The van der Waals surface area contributed by atoms with Gasteiger partial charge in [-0.25, -0.2) is 19.1 Å². The summed E-state index contributed by atoms with van der Waals surface area (Å²) in [6, 6.07) is 2.82. The predicted molar refractivity (Wildman–Crippen MR) is 138 cm³/mol. The second-order valence-corrected chi connectivity index (χ2v) is 12.7. The van der Waals surface area contributed by atoms with Crippen molar-refractivity contribution >= 4 is 32.7 Å². The number of H-pyrrole nitrogens is 1. The number of imidazole rings is 1. The number of aliphatic hydroxyl groups is 4. The van der Waals surface area contributed by atoms with Crippen LogP contribution in [0, 0.1) is 0 Å². The smallest absolute Gasteiger partial charge is 0.387 e. The third-order valence-corrected chi connectivity index (χ3v) is 9.33. The molecule has 2 unspecified atom stereocenters. The van der Waals surface area contributed by atoms with E-state index in [4.69, 9.17) is 15.2 Å². The highest BCUT2D eigenvalue weighted by molar-refractivity contribution is 7.61. The first-order valence-electron chi connectivity index (χ1n) is 12.6. The van der Waals surface area contributed by atoms with E-state index in [0.717, 1.165) is 17.2 Å². The number of fused-ring (bicyclic) bond motifs is 1. The molecule has 9 N–H and O–H groups in total. The molecule has 0 aromatic carbocycles. The lowest BCUT2D eigenvalue weighted by atomic mass is 10.1. The number of nitrogens with two attached hydrogens (primary N) is 1. The Hall–Kier alpha value is -3.01. The fourth-order valence-corrected chi connectivity index (χ4v) is 6.66. The molecule has 0 spiro atoms. The Bertz CT molecular complexity index is 1690. The van der Waals surface area contributed by atoms with Crippen molar-refractivity contribution < 1.29 is 71.5 Å². The van der Waals surface area contributed by atoms with Crippen LogP contribution < -0.4 is 15.9 Å². The average Bonchev–Trinajstić information content (AvgIpc) is 3.61. The van der Waals surface area contributed by atoms with Gasteiger partial charge in [-0.15, -0.1) is 0 Å². The number of aromatic nitrogens is 5.